The van der Waals surface area contributed by atoms with Gasteiger partial charge in [0.05, 0.1) is 10.6 Å². The smallest absolute Gasteiger partial charge is 0.440 e. The molecule has 224 valence electrons. The zero-order chi connectivity index (χ0) is 31.3. The molecule has 0 radical (unpaired) electrons. The predicted molar refractivity (Wildman–Crippen MR) is 144 cm³/mol. The molecule has 0 fully saturated rings. The number of aromatic nitrogens is 3. The second kappa shape index (κ2) is 10.6. The topological polar surface area (TPSA) is 87.2 Å². The molecule has 0 atom stereocenters. The number of alkyl halides is 6. The Bertz CT molecular complexity index is 1930. The van der Waals surface area contributed by atoms with Crippen LogP contribution in [-0.2, 0) is 16.0 Å². The molecule has 5 rings (SSSR count). The fraction of sp³-hybridized carbons (Fsp3) is 0.172. The van der Waals surface area contributed by atoms with Gasteiger partial charge in [0.25, 0.3) is 0 Å². The van der Waals surface area contributed by atoms with Crippen molar-refractivity contribution in [2.45, 2.75) is 31.3 Å². The van der Waals surface area contributed by atoms with E-state index in [-0.39, 0.29) is 39.1 Å². The molecule has 0 spiro atoms. The van der Waals surface area contributed by atoms with Gasteiger partial charge in [0.2, 0.25) is 0 Å². The van der Waals surface area contributed by atoms with Crippen LogP contribution in [-0.4, -0.2) is 35.8 Å². The fourth-order valence-corrected chi connectivity index (χ4v) is 5.15. The molecule has 0 unspecified atom stereocenters. The van der Waals surface area contributed by atoms with Crippen LogP contribution < -0.4 is 4.74 Å². The van der Waals surface area contributed by atoms with E-state index in [1.165, 1.54) is 50.4 Å². The zero-order valence-electron chi connectivity index (χ0n) is 22.6. The van der Waals surface area contributed by atoms with Crippen LogP contribution in [0.5, 0.6) is 5.75 Å². The van der Waals surface area contributed by atoms with Crippen molar-refractivity contribution in [1.82, 2.24) is 14.8 Å². The van der Waals surface area contributed by atoms with Gasteiger partial charge in [0, 0.05) is 30.5 Å². The maximum atomic E-state index is 13.6. The lowest BCUT2D eigenvalue weighted by molar-refractivity contribution is -0.274. The van der Waals surface area contributed by atoms with Crippen molar-refractivity contribution in [1.29, 1.82) is 0 Å². The maximum Gasteiger partial charge on any atom is 0.573 e. The van der Waals surface area contributed by atoms with Crippen molar-refractivity contribution in [2.24, 2.45) is 0 Å². The number of sulfone groups is 1. The van der Waals surface area contributed by atoms with E-state index in [0.717, 1.165) is 23.1 Å². The first-order chi connectivity index (χ1) is 20.0. The molecule has 0 saturated heterocycles. The molecule has 0 saturated carbocycles. The van der Waals surface area contributed by atoms with Gasteiger partial charge in [-0.1, -0.05) is 18.2 Å². The van der Waals surface area contributed by atoms with Crippen LogP contribution in [0.25, 0.3) is 39.4 Å². The van der Waals surface area contributed by atoms with Crippen LogP contribution in [0.2, 0.25) is 0 Å². The highest BCUT2D eigenvalue weighted by molar-refractivity contribution is 7.90. The lowest BCUT2D eigenvalue weighted by Gasteiger charge is -2.13. The van der Waals surface area contributed by atoms with Crippen molar-refractivity contribution in [3.63, 3.8) is 0 Å². The molecule has 43 heavy (non-hydrogen) atoms. The molecule has 2 aromatic heterocycles. The number of rotatable bonds is 6. The van der Waals surface area contributed by atoms with Crippen molar-refractivity contribution >= 4 is 9.84 Å². The summed E-state index contributed by atoms with van der Waals surface area (Å²) in [5.74, 6) is -0.193. The third-order valence-electron chi connectivity index (χ3n) is 6.34. The molecule has 14 heteroatoms. The second-order valence-corrected chi connectivity index (χ2v) is 11.6. The summed E-state index contributed by atoms with van der Waals surface area (Å²) in [6.45, 7) is 2.80. The molecule has 0 aliphatic rings. The fourth-order valence-electron chi connectivity index (χ4n) is 4.49. The highest BCUT2D eigenvalue weighted by atomic mass is 32.2. The summed E-state index contributed by atoms with van der Waals surface area (Å²) in [5.41, 5.74) is 0.729. The van der Waals surface area contributed by atoms with Crippen LogP contribution in [0, 0.1) is 13.8 Å². The second-order valence-electron chi connectivity index (χ2n) is 9.62. The lowest BCUT2D eigenvalue weighted by atomic mass is 9.98. The van der Waals surface area contributed by atoms with E-state index in [9.17, 15) is 34.8 Å². The van der Waals surface area contributed by atoms with Crippen LogP contribution in [0.3, 0.4) is 0 Å². The summed E-state index contributed by atoms with van der Waals surface area (Å²) < 4.78 is 114. The van der Waals surface area contributed by atoms with E-state index in [2.05, 4.69) is 14.8 Å². The van der Waals surface area contributed by atoms with Gasteiger partial charge in [0.15, 0.2) is 27.2 Å². The minimum atomic E-state index is -4.89. The van der Waals surface area contributed by atoms with Crippen LogP contribution in [0.15, 0.2) is 82.2 Å². The number of hydrogen-bond acceptors (Lipinski definition) is 6. The van der Waals surface area contributed by atoms with Gasteiger partial charge in [-0.25, -0.2) is 18.1 Å². The molecule has 5 aromatic rings. The summed E-state index contributed by atoms with van der Waals surface area (Å²) in [7, 11) is -3.55. The van der Waals surface area contributed by atoms with Crippen molar-refractivity contribution in [3.8, 4) is 45.1 Å². The minimum absolute atomic E-state index is 0.0607. The van der Waals surface area contributed by atoms with Gasteiger partial charge in [0.1, 0.15) is 11.4 Å². The maximum absolute atomic E-state index is 13.6. The van der Waals surface area contributed by atoms with Gasteiger partial charge in [-0.3, -0.25) is 0 Å². The third kappa shape index (κ3) is 6.43. The largest absolute Gasteiger partial charge is 0.573 e. The Morgan fingerprint density at radius 1 is 0.860 bits per heavy atom. The monoisotopic (exact) mass is 621 g/mol. The third-order valence-corrected chi connectivity index (χ3v) is 7.45. The molecule has 0 amide bonds. The first-order valence-corrected chi connectivity index (χ1v) is 14.3. The Labute approximate surface area is 241 Å². The van der Waals surface area contributed by atoms with Crippen LogP contribution in [0.1, 0.15) is 17.1 Å². The van der Waals surface area contributed by atoms with Crippen LogP contribution in [0.4, 0.5) is 26.3 Å². The average molecular weight is 622 g/mol. The lowest BCUT2D eigenvalue weighted by Crippen LogP contribution is -2.16. The van der Waals surface area contributed by atoms with Gasteiger partial charge < -0.3 is 9.15 Å². The van der Waals surface area contributed by atoms with E-state index in [4.69, 9.17) is 4.42 Å². The molecule has 0 aliphatic carbocycles. The molecule has 0 aliphatic heterocycles. The Morgan fingerprint density at radius 2 is 1.51 bits per heavy atom. The Morgan fingerprint density at radius 3 is 2.12 bits per heavy atom. The van der Waals surface area contributed by atoms with E-state index in [0.29, 0.717) is 16.7 Å². The number of hydrogen-bond donors (Lipinski definition) is 0. The number of aryl methyl sites for hydroxylation is 2. The normalized spacial score (nSPS) is 12.5. The highest BCUT2D eigenvalue weighted by Crippen LogP contribution is 2.40. The molecule has 0 bridgehead atoms. The highest BCUT2D eigenvalue weighted by Gasteiger charge is 2.36. The van der Waals surface area contributed by atoms with E-state index in [1.807, 2.05) is 0 Å². The number of oxazole rings is 1. The molecule has 0 N–H and O–H groups in total. The first-order valence-electron chi connectivity index (χ1n) is 12.4. The zero-order valence-corrected chi connectivity index (χ0v) is 23.4. The first kappa shape index (κ1) is 29.9. The van der Waals surface area contributed by atoms with E-state index in [1.54, 1.807) is 24.3 Å². The molecular weight excluding hydrogens is 600 g/mol. The van der Waals surface area contributed by atoms with E-state index < -0.39 is 33.8 Å². The summed E-state index contributed by atoms with van der Waals surface area (Å²) in [4.78, 5) is 4.45. The predicted octanol–water partition coefficient (Wildman–Crippen LogP) is 7.80. The quantitative estimate of drug-likeness (QED) is 0.180. The summed E-state index contributed by atoms with van der Waals surface area (Å²) >= 11 is 0. The van der Waals surface area contributed by atoms with Gasteiger partial charge in [-0.15, -0.1) is 13.2 Å². The molecule has 2 heterocycles. The SMILES string of the molecule is Cc1nc(-c2ccc(OC(F)(F)F)cc2)c(-c2cc(-c3cccc(S(C)(=O)=O)c3)ccc2-n2cc(C)c(C(F)(F)F)n2)o1. The van der Waals surface area contributed by atoms with E-state index >= 15 is 0 Å². The number of halogens is 6. The molecule has 3 aromatic carbocycles. The van der Waals surface area contributed by atoms with Gasteiger partial charge in [-0.2, -0.15) is 18.3 Å². The number of nitrogens with zero attached hydrogens (tertiary/aromatic N) is 3. The number of benzene rings is 3. The Hall–Kier alpha value is -4.59. The summed E-state index contributed by atoms with van der Waals surface area (Å²) in [6.07, 6.45) is -7.33. The van der Waals surface area contributed by atoms with Gasteiger partial charge in [-0.05, 0) is 72.1 Å². The Kier molecular flexibility index (Phi) is 7.37. The average Bonchev–Trinajstić information content (AvgIpc) is 3.50. The molecular formula is C29H21F6N3O4S. The minimum Gasteiger partial charge on any atom is -0.440 e. The van der Waals surface area contributed by atoms with Crippen LogP contribution >= 0.6 is 0 Å². The summed E-state index contributed by atoms with van der Waals surface area (Å²) in [6, 6.07) is 15.7. The summed E-state index contributed by atoms with van der Waals surface area (Å²) in [5, 5.41) is 3.77. The van der Waals surface area contributed by atoms with Crippen molar-refractivity contribution < 1.29 is 43.9 Å². The van der Waals surface area contributed by atoms with Crippen molar-refractivity contribution in [2.75, 3.05) is 6.26 Å². The van der Waals surface area contributed by atoms with Gasteiger partial charge >= 0.3 is 12.5 Å². The molecule has 7 nitrogen and oxygen atoms in total. The Balaban J connectivity index is 1.71. The number of ether oxygens (including phenoxy) is 1. The standard InChI is InChI=1S/C29H21F6N3O4S/c1-16-15-38(37-27(16)28(30,31)32)24-12-9-20(19-5-4-6-22(13-19)43(3,39)40)14-23(24)26-25(36-17(2)41-26)18-7-10-21(11-8-18)42-29(33,34)35/h4-15H,1-3H3. The van der Waals surface area contributed by atoms with Crippen molar-refractivity contribution in [3.05, 3.63) is 90.1 Å².